The number of thiocarbonyl (C=S) groups is 1. The van der Waals surface area contributed by atoms with Crippen molar-refractivity contribution in [3.05, 3.63) is 0 Å². The van der Waals surface area contributed by atoms with Crippen LogP contribution in [0.5, 0.6) is 0 Å². The van der Waals surface area contributed by atoms with Crippen molar-refractivity contribution in [2.24, 2.45) is 17.6 Å². The van der Waals surface area contributed by atoms with Crippen LogP contribution in [0, 0.1) is 11.8 Å². The molecule has 0 radical (unpaired) electrons. The number of carbonyl (C=O) groups excluding carboxylic acids is 1. The lowest BCUT2D eigenvalue weighted by atomic mass is 10.0. The maximum Gasteiger partial charge on any atom is 0.229 e. The molecule has 15 heavy (non-hydrogen) atoms. The SMILES string of the molecule is CC(C)CCC(C)NC(=O)C(C)C(N)=S. The lowest BCUT2D eigenvalue weighted by Crippen LogP contribution is -2.40. The third kappa shape index (κ3) is 6.44. The summed E-state index contributed by atoms with van der Waals surface area (Å²) in [4.78, 5) is 11.8. The van der Waals surface area contributed by atoms with Crippen molar-refractivity contribution in [3.63, 3.8) is 0 Å². The first-order chi connectivity index (χ1) is 6.84. The quantitative estimate of drug-likeness (QED) is 0.685. The highest BCUT2D eigenvalue weighted by atomic mass is 32.1. The number of nitrogens with two attached hydrogens (primary N) is 1. The van der Waals surface area contributed by atoms with Gasteiger partial charge in [0.2, 0.25) is 5.91 Å². The standard InChI is InChI=1S/C11H22N2OS/c1-7(2)5-6-8(3)13-11(14)9(4)10(12)15/h7-9H,5-6H2,1-4H3,(H2,12,15)(H,13,14). The second kappa shape index (κ2) is 6.77. The Kier molecular flexibility index (Phi) is 6.48. The van der Waals surface area contributed by atoms with Crippen LogP contribution in [0.4, 0.5) is 0 Å². The number of nitrogens with one attached hydrogen (secondary N) is 1. The lowest BCUT2D eigenvalue weighted by molar-refractivity contribution is -0.123. The Morgan fingerprint density at radius 1 is 1.27 bits per heavy atom. The highest BCUT2D eigenvalue weighted by Crippen LogP contribution is 2.07. The molecule has 1 amide bonds. The van der Waals surface area contributed by atoms with E-state index >= 15 is 0 Å². The van der Waals surface area contributed by atoms with Gasteiger partial charge in [-0.3, -0.25) is 4.79 Å². The molecule has 0 rings (SSSR count). The molecule has 0 aromatic rings. The van der Waals surface area contributed by atoms with Crippen LogP contribution in [0.3, 0.4) is 0 Å². The van der Waals surface area contributed by atoms with Gasteiger partial charge < -0.3 is 11.1 Å². The van der Waals surface area contributed by atoms with Crippen LogP contribution in [0.2, 0.25) is 0 Å². The van der Waals surface area contributed by atoms with E-state index in [0.29, 0.717) is 5.92 Å². The largest absolute Gasteiger partial charge is 0.393 e. The minimum absolute atomic E-state index is 0.0706. The minimum Gasteiger partial charge on any atom is -0.393 e. The van der Waals surface area contributed by atoms with E-state index in [4.69, 9.17) is 18.0 Å². The summed E-state index contributed by atoms with van der Waals surface area (Å²) in [6, 6.07) is 0.191. The normalized spacial score (nSPS) is 14.7. The smallest absolute Gasteiger partial charge is 0.229 e. The average Bonchev–Trinajstić information content (AvgIpc) is 2.13. The van der Waals surface area contributed by atoms with Crippen molar-refractivity contribution in [2.75, 3.05) is 0 Å². The predicted molar refractivity (Wildman–Crippen MR) is 67.6 cm³/mol. The molecule has 0 bridgehead atoms. The number of hydrogen-bond donors (Lipinski definition) is 2. The number of hydrogen-bond acceptors (Lipinski definition) is 2. The first-order valence-corrected chi connectivity index (χ1v) is 5.85. The van der Waals surface area contributed by atoms with Crippen molar-refractivity contribution >= 4 is 23.1 Å². The molecule has 0 saturated heterocycles. The first kappa shape index (κ1) is 14.4. The molecule has 0 aliphatic rings. The van der Waals surface area contributed by atoms with Crippen LogP contribution in [0.25, 0.3) is 0 Å². The van der Waals surface area contributed by atoms with Gasteiger partial charge in [-0.25, -0.2) is 0 Å². The van der Waals surface area contributed by atoms with Gasteiger partial charge >= 0.3 is 0 Å². The molecule has 88 valence electrons. The van der Waals surface area contributed by atoms with Crippen molar-refractivity contribution in [1.29, 1.82) is 0 Å². The van der Waals surface area contributed by atoms with Crippen molar-refractivity contribution < 1.29 is 4.79 Å². The van der Waals surface area contributed by atoms with Gasteiger partial charge in [0.15, 0.2) is 0 Å². The maximum absolute atomic E-state index is 11.6. The number of amides is 1. The van der Waals surface area contributed by atoms with E-state index < -0.39 is 0 Å². The van der Waals surface area contributed by atoms with Gasteiger partial charge in [0, 0.05) is 6.04 Å². The summed E-state index contributed by atoms with van der Waals surface area (Å²) in [5.41, 5.74) is 5.41. The van der Waals surface area contributed by atoms with Gasteiger partial charge in [0.1, 0.15) is 0 Å². The van der Waals surface area contributed by atoms with Crippen molar-refractivity contribution in [2.45, 2.75) is 46.6 Å². The van der Waals surface area contributed by atoms with E-state index in [2.05, 4.69) is 19.2 Å². The lowest BCUT2D eigenvalue weighted by Gasteiger charge is -2.17. The van der Waals surface area contributed by atoms with E-state index in [1.165, 1.54) is 0 Å². The summed E-state index contributed by atoms with van der Waals surface area (Å²) < 4.78 is 0. The Hall–Kier alpha value is -0.640. The van der Waals surface area contributed by atoms with E-state index in [0.717, 1.165) is 12.8 Å². The third-order valence-electron chi connectivity index (χ3n) is 2.39. The van der Waals surface area contributed by atoms with Crippen LogP contribution < -0.4 is 11.1 Å². The zero-order valence-corrected chi connectivity index (χ0v) is 10.9. The molecule has 3 N–H and O–H groups in total. The summed E-state index contributed by atoms with van der Waals surface area (Å²) in [5.74, 6) is 0.220. The minimum atomic E-state index is -0.374. The third-order valence-corrected chi connectivity index (χ3v) is 2.74. The first-order valence-electron chi connectivity index (χ1n) is 5.44. The van der Waals surface area contributed by atoms with Gasteiger partial charge in [-0.05, 0) is 32.6 Å². The molecule has 0 saturated carbocycles. The maximum atomic E-state index is 11.6. The van der Waals surface area contributed by atoms with Crippen LogP contribution in [0.15, 0.2) is 0 Å². The van der Waals surface area contributed by atoms with Gasteiger partial charge in [0.05, 0.1) is 10.9 Å². The molecular weight excluding hydrogens is 208 g/mol. The Morgan fingerprint density at radius 2 is 1.80 bits per heavy atom. The Balaban J connectivity index is 3.91. The molecule has 2 unspecified atom stereocenters. The zero-order chi connectivity index (χ0) is 12.0. The fourth-order valence-electron chi connectivity index (χ4n) is 1.15. The fourth-order valence-corrected chi connectivity index (χ4v) is 1.26. The number of rotatable bonds is 6. The summed E-state index contributed by atoms with van der Waals surface area (Å²) >= 11 is 4.77. The summed E-state index contributed by atoms with van der Waals surface area (Å²) in [6.07, 6.45) is 2.11. The molecule has 0 aromatic heterocycles. The summed E-state index contributed by atoms with van der Waals surface area (Å²) in [5, 5.41) is 2.91. The molecule has 0 aliphatic carbocycles. The Labute approximate surface area is 97.8 Å². The molecule has 0 aliphatic heterocycles. The van der Waals surface area contributed by atoms with Crippen LogP contribution in [-0.2, 0) is 4.79 Å². The molecule has 0 aromatic carbocycles. The zero-order valence-electron chi connectivity index (χ0n) is 10.0. The monoisotopic (exact) mass is 230 g/mol. The van der Waals surface area contributed by atoms with Gasteiger partial charge in [-0.15, -0.1) is 0 Å². The van der Waals surface area contributed by atoms with E-state index in [9.17, 15) is 4.79 Å². The topological polar surface area (TPSA) is 55.1 Å². The van der Waals surface area contributed by atoms with Crippen LogP contribution >= 0.6 is 12.2 Å². The second-order valence-electron chi connectivity index (χ2n) is 4.50. The Bertz CT molecular complexity index is 229. The van der Waals surface area contributed by atoms with Gasteiger partial charge in [-0.1, -0.05) is 26.1 Å². The van der Waals surface area contributed by atoms with Crippen molar-refractivity contribution in [1.82, 2.24) is 5.32 Å². The molecular formula is C11H22N2OS. The highest BCUT2D eigenvalue weighted by Gasteiger charge is 2.17. The van der Waals surface area contributed by atoms with E-state index in [1.54, 1.807) is 6.92 Å². The van der Waals surface area contributed by atoms with Crippen molar-refractivity contribution in [3.8, 4) is 0 Å². The highest BCUT2D eigenvalue weighted by molar-refractivity contribution is 7.80. The average molecular weight is 230 g/mol. The van der Waals surface area contributed by atoms with Crippen LogP contribution in [0.1, 0.15) is 40.5 Å². The van der Waals surface area contributed by atoms with Crippen LogP contribution in [-0.4, -0.2) is 16.9 Å². The predicted octanol–water partition coefficient (Wildman–Crippen LogP) is 1.85. The van der Waals surface area contributed by atoms with Gasteiger partial charge in [0.25, 0.3) is 0 Å². The second-order valence-corrected chi connectivity index (χ2v) is 4.98. The summed E-state index contributed by atoms with van der Waals surface area (Å²) in [7, 11) is 0. The van der Waals surface area contributed by atoms with E-state index in [-0.39, 0.29) is 22.9 Å². The molecule has 0 heterocycles. The number of carbonyl (C=O) groups is 1. The molecule has 0 fully saturated rings. The molecule has 4 heteroatoms. The van der Waals surface area contributed by atoms with Gasteiger partial charge in [-0.2, -0.15) is 0 Å². The molecule has 3 nitrogen and oxygen atoms in total. The molecule has 0 spiro atoms. The van der Waals surface area contributed by atoms with E-state index in [1.807, 2.05) is 6.92 Å². The fraction of sp³-hybridized carbons (Fsp3) is 0.818. The molecule has 2 atom stereocenters. The summed E-state index contributed by atoms with van der Waals surface area (Å²) in [6.45, 7) is 8.08. The Morgan fingerprint density at radius 3 is 2.20 bits per heavy atom.